The van der Waals surface area contributed by atoms with Gasteiger partial charge in [-0.3, -0.25) is 4.79 Å². The zero-order chi connectivity index (χ0) is 16.8. The fourth-order valence-corrected chi connectivity index (χ4v) is 2.29. The van der Waals surface area contributed by atoms with Gasteiger partial charge in [0.1, 0.15) is 11.9 Å². The lowest BCUT2D eigenvalue weighted by Gasteiger charge is -2.16. The first-order valence-electron chi connectivity index (χ1n) is 7.53. The summed E-state index contributed by atoms with van der Waals surface area (Å²) < 4.78 is 13.2. The highest BCUT2D eigenvalue weighted by molar-refractivity contribution is 6.04. The fraction of sp³-hybridized carbons (Fsp3) is 0.438. The Morgan fingerprint density at radius 3 is 2.96 bits per heavy atom. The van der Waals surface area contributed by atoms with E-state index in [4.69, 9.17) is 9.94 Å². The molecule has 0 radical (unpaired) electrons. The van der Waals surface area contributed by atoms with Crippen molar-refractivity contribution >= 4 is 17.6 Å². The molecule has 23 heavy (non-hydrogen) atoms. The molecule has 1 aliphatic heterocycles. The number of unbranched alkanes of at least 4 members (excludes halogenated alkanes) is 1. The molecule has 6 nitrogen and oxygen atoms in total. The van der Waals surface area contributed by atoms with Crippen molar-refractivity contribution in [2.75, 3.05) is 0 Å². The van der Waals surface area contributed by atoms with E-state index < -0.39 is 29.8 Å². The van der Waals surface area contributed by atoms with E-state index in [1.165, 1.54) is 12.1 Å². The zero-order valence-electron chi connectivity index (χ0n) is 12.8. The summed E-state index contributed by atoms with van der Waals surface area (Å²) in [7, 11) is 0. The van der Waals surface area contributed by atoms with Crippen molar-refractivity contribution in [3.05, 3.63) is 35.6 Å². The minimum absolute atomic E-state index is 0.176. The normalized spacial score (nSPS) is 18.0. The molecule has 1 amide bonds. The predicted octanol–water partition coefficient (Wildman–Crippen LogP) is 2.08. The van der Waals surface area contributed by atoms with Crippen LogP contribution >= 0.6 is 0 Å². The van der Waals surface area contributed by atoms with Crippen LogP contribution in [0.2, 0.25) is 0 Å². The quantitative estimate of drug-likeness (QED) is 0.804. The summed E-state index contributed by atoms with van der Waals surface area (Å²) in [6.07, 6.45) is 1.19. The second-order valence-corrected chi connectivity index (χ2v) is 5.39. The van der Waals surface area contributed by atoms with Gasteiger partial charge in [0.05, 0.1) is 5.71 Å². The van der Waals surface area contributed by atoms with E-state index in [0.717, 1.165) is 6.42 Å². The number of aliphatic carboxylic acids is 1. The Morgan fingerprint density at radius 2 is 2.30 bits per heavy atom. The lowest BCUT2D eigenvalue weighted by atomic mass is 10.0. The molecule has 0 aliphatic carbocycles. The summed E-state index contributed by atoms with van der Waals surface area (Å²) in [6.45, 7) is 1.94. The summed E-state index contributed by atoms with van der Waals surface area (Å²) in [5.41, 5.74) is 1.01. The van der Waals surface area contributed by atoms with Crippen LogP contribution in [-0.2, 0) is 14.4 Å². The number of carbonyl (C=O) groups excluding carboxylic acids is 1. The number of halogens is 1. The van der Waals surface area contributed by atoms with Crippen LogP contribution in [0.5, 0.6) is 0 Å². The molecule has 2 atom stereocenters. The number of carbonyl (C=O) groups is 2. The Bertz CT molecular complexity index is 618. The molecule has 1 aliphatic rings. The van der Waals surface area contributed by atoms with Gasteiger partial charge in [-0.2, -0.15) is 0 Å². The topological polar surface area (TPSA) is 88.0 Å². The fourth-order valence-electron chi connectivity index (χ4n) is 2.29. The summed E-state index contributed by atoms with van der Waals surface area (Å²) in [6, 6.07) is 4.90. The minimum Gasteiger partial charge on any atom is -0.480 e. The van der Waals surface area contributed by atoms with Gasteiger partial charge in [0.2, 0.25) is 6.10 Å². The van der Waals surface area contributed by atoms with Gasteiger partial charge in [-0.05, 0) is 18.6 Å². The number of hydrogen-bond donors (Lipinski definition) is 2. The maximum Gasteiger partial charge on any atom is 0.326 e. The van der Waals surface area contributed by atoms with Crippen molar-refractivity contribution in [3.63, 3.8) is 0 Å². The molecule has 0 saturated heterocycles. The Balaban J connectivity index is 1.94. The molecule has 2 unspecified atom stereocenters. The number of hydrogen-bond acceptors (Lipinski definition) is 4. The Labute approximate surface area is 133 Å². The molecule has 1 aromatic carbocycles. The SMILES string of the molecule is CCCCC(NC(=O)C1CC(c2cccc(F)c2)=NO1)C(=O)O. The first kappa shape index (κ1) is 16.9. The minimum atomic E-state index is -1.07. The lowest BCUT2D eigenvalue weighted by molar-refractivity contribution is -0.144. The average molecular weight is 322 g/mol. The molecule has 7 heteroatoms. The molecule has 0 bridgehead atoms. The number of nitrogens with zero attached hydrogens (tertiary/aromatic N) is 1. The van der Waals surface area contributed by atoms with Crippen LogP contribution in [0.1, 0.15) is 38.2 Å². The maximum atomic E-state index is 13.2. The van der Waals surface area contributed by atoms with Crippen molar-refractivity contribution < 1.29 is 23.9 Å². The van der Waals surface area contributed by atoms with E-state index >= 15 is 0 Å². The first-order valence-corrected chi connectivity index (χ1v) is 7.53. The number of oxime groups is 1. The van der Waals surface area contributed by atoms with Crippen LogP contribution in [-0.4, -0.2) is 34.8 Å². The van der Waals surface area contributed by atoms with E-state index in [1.54, 1.807) is 12.1 Å². The van der Waals surface area contributed by atoms with Gasteiger partial charge in [-0.1, -0.05) is 37.1 Å². The molecular weight excluding hydrogens is 303 g/mol. The van der Waals surface area contributed by atoms with Gasteiger partial charge in [0.25, 0.3) is 5.91 Å². The third-order valence-corrected chi connectivity index (χ3v) is 3.58. The molecule has 0 aromatic heterocycles. The summed E-state index contributed by atoms with van der Waals surface area (Å²) in [4.78, 5) is 28.3. The highest BCUT2D eigenvalue weighted by atomic mass is 19.1. The molecular formula is C16H19FN2O4. The average Bonchev–Trinajstić information content (AvgIpc) is 3.01. The summed E-state index contributed by atoms with van der Waals surface area (Å²) >= 11 is 0. The molecule has 0 saturated carbocycles. The summed E-state index contributed by atoms with van der Waals surface area (Å²) in [5, 5.41) is 15.4. The Morgan fingerprint density at radius 1 is 1.52 bits per heavy atom. The molecule has 0 spiro atoms. The van der Waals surface area contributed by atoms with Crippen LogP contribution < -0.4 is 5.32 Å². The monoisotopic (exact) mass is 322 g/mol. The van der Waals surface area contributed by atoms with Crippen LogP contribution in [0.4, 0.5) is 4.39 Å². The number of carboxylic acids is 1. The predicted molar refractivity (Wildman–Crippen MR) is 81.5 cm³/mol. The second-order valence-electron chi connectivity index (χ2n) is 5.39. The van der Waals surface area contributed by atoms with Crippen LogP contribution in [0.3, 0.4) is 0 Å². The number of benzene rings is 1. The van der Waals surface area contributed by atoms with Crippen LogP contribution in [0.25, 0.3) is 0 Å². The van der Waals surface area contributed by atoms with Gasteiger partial charge in [0, 0.05) is 12.0 Å². The number of carboxylic acid groups (broad SMARTS) is 1. The highest BCUT2D eigenvalue weighted by Crippen LogP contribution is 2.18. The largest absolute Gasteiger partial charge is 0.480 e. The van der Waals surface area contributed by atoms with Crippen molar-refractivity contribution in [3.8, 4) is 0 Å². The van der Waals surface area contributed by atoms with E-state index in [0.29, 0.717) is 24.1 Å². The van der Waals surface area contributed by atoms with E-state index in [2.05, 4.69) is 10.5 Å². The van der Waals surface area contributed by atoms with E-state index in [9.17, 15) is 14.0 Å². The van der Waals surface area contributed by atoms with Gasteiger partial charge >= 0.3 is 5.97 Å². The van der Waals surface area contributed by atoms with E-state index in [1.807, 2.05) is 6.92 Å². The number of nitrogens with one attached hydrogen (secondary N) is 1. The molecule has 1 heterocycles. The number of rotatable bonds is 7. The van der Waals surface area contributed by atoms with Crippen molar-refractivity contribution in [2.24, 2.45) is 5.16 Å². The molecule has 124 valence electrons. The highest BCUT2D eigenvalue weighted by Gasteiger charge is 2.31. The Hall–Kier alpha value is -2.44. The molecule has 2 N–H and O–H groups in total. The van der Waals surface area contributed by atoms with Gasteiger partial charge in [-0.25, -0.2) is 9.18 Å². The smallest absolute Gasteiger partial charge is 0.326 e. The van der Waals surface area contributed by atoms with Crippen molar-refractivity contribution in [1.29, 1.82) is 0 Å². The molecule has 0 fully saturated rings. The second kappa shape index (κ2) is 7.71. The lowest BCUT2D eigenvalue weighted by Crippen LogP contribution is -2.45. The molecule has 2 rings (SSSR count). The van der Waals surface area contributed by atoms with Gasteiger partial charge in [-0.15, -0.1) is 0 Å². The van der Waals surface area contributed by atoms with Gasteiger partial charge < -0.3 is 15.3 Å². The molecule has 1 aromatic rings. The number of amides is 1. The third-order valence-electron chi connectivity index (χ3n) is 3.58. The third kappa shape index (κ3) is 4.51. The zero-order valence-corrected chi connectivity index (χ0v) is 12.8. The van der Waals surface area contributed by atoms with Crippen molar-refractivity contribution in [1.82, 2.24) is 5.32 Å². The first-order chi connectivity index (χ1) is 11.0. The summed E-state index contributed by atoms with van der Waals surface area (Å²) in [5.74, 6) is -2.00. The van der Waals surface area contributed by atoms with Gasteiger partial charge in [0.15, 0.2) is 0 Å². The maximum absolute atomic E-state index is 13.2. The van der Waals surface area contributed by atoms with E-state index in [-0.39, 0.29) is 6.42 Å². The van der Waals surface area contributed by atoms with Crippen LogP contribution in [0.15, 0.2) is 29.4 Å². The van der Waals surface area contributed by atoms with Crippen LogP contribution in [0, 0.1) is 5.82 Å². The van der Waals surface area contributed by atoms with Crippen molar-refractivity contribution in [2.45, 2.75) is 44.8 Å². The Kier molecular flexibility index (Phi) is 5.67. The standard InChI is InChI=1S/C16H19FN2O4/c1-2-3-7-12(16(21)22)18-15(20)14-9-13(19-23-14)10-5-4-6-11(17)8-10/h4-6,8,12,14H,2-3,7,9H2,1H3,(H,18,20)(H,21,22).